The lowest BCUT2D eigenvalue weighted by atomic mass is 9.95. The molecule has 1 fully saturated rings. The van der Waals surface area contributed by atoms with Crippen molar-refractivity contribution in [3.63, 3.8) is 0 Å². The number of amides is 1. The van der Waals surface area contributed by atoms with Gasteiger partial charge >= 0.3 is 0 Å². The van der Waals surface area contributed by atoms with E-state index in [4.69, 9.17) is 4.42 Å². The SMILES string of the molecule is CCn1ccnc1C1CCN(C(=O)c2ccc(Cn3ccnc3)o2)CC1. The van der Waals surface area contributed by atoms with Gasteiger partial charge in [0, 0.05) is 50.3 Å². The second kappa shape index (κ2) is 7.19. The van der Waals surface area contributed by atoms with Crippen LogP contribution in [0.1, 0.15) is 47.8 Å². The van der Waals surface area contributed by atoms with Crippen LogP contribution >= 0.6 is 0 Å². The van der Waals surface area contributed by atoms with Gasteiger partial charge in [0.25, 0.3) is 5.91 Å². The van der Waals surface area contributed by atoms with Gasteiger partial charge in [-0.1, -0.05) is 0 Å². The molecule has 0 unspecified atom stereocenters. The highest BCUT2D eigenvalue weighted by atomic mass is 16.4. The normalized spacial score (nSPS) is 15.5. The number of rotatable bonds is 5. The van der Waals surface area contributed by atoms with Crippen molar-refractivity contribution in [2.75, 3.05) is 13.1 Å². The lowest BCUT2D eigenvalue weighted by Gasteiger charge is -2.31. The van der Waals surface area contributed by atoms with Crippen molar-refractivity contribution in [1.29, 1.82) is 0 Å². The third kappa shape index (κ3) is 3.29. The van der Waals surface area contributed by atoms with Gasteiger partial charge in [-0.3, -0.25) is 4.79 Å². The molecule has 3 aromatic heterocycles. The van der Waals surface area contributed by atoms with Gasteiger partial charge in [0.2, 0.25) is 0 Å². The Kier molecular flexibility index (Phi) is 4.60. The zero-order valence-corrected chi connectivity index (χ0v) is 14.9. The minimum Gasteiger partial charge on any atom is -0.454 e. The number of aromatic nitrogens is 4. The summed E-state index contributed by atoms with van der Waals surface area (Å²) >= 11 is 0. The average molecular weight is 353 g/mol. The van der Waals surface area contributed by atoms with Crippen LogP contribution in [0.4, 0.5) is 0 Å². The molecule has 136 valence electrons. The van der Waals surface area contributed by atoms with E-state index in [1.807, 2.05) is 34.1 Å². The van der Waals surface area contributed by atoms with Crippen molar-refractivity contribution >= 4 is 5.91 Å². The van der Waals surface area contributed by atoms with E-state index in [1.54, 1.807) is 18.6 Å². The zero-order chi connectivity index (χ0) is 17.9. The summed E-state index contributed by atoms with van der Waals surface area (Å²) in [6, 6.07) is 3.63. The largest absolute Gasteiger partial charge is 0.454 e. The van der Waals surface area contributed by atoms with Crippen LogP contribution in [0, 0.1) is 0 Å². The van der Waals surface area contributed by atoms with Crippen molar-refractivity contribution in [3.05, 3.63) is 60.6 Å². The molecule has 0 aliphatic carbocycles. The quantitative estimate of drug-likeness (QED) is 0.707. The smallest absolute Gasteiger partial charge is 0.289 e. The van der Waals surface area contributed by atoms with Gasteiger partial charge in [-0.15, -0.1) is 0 Å². The van der Waals surface area contributed by atoms with Crippen LogP contribution in [-0.4, -0.2) is 43.0 Å². The maximum absolute atomic E-state index is 12.7. The van der Waals surface area contributed by atoms with Crippen molar-refractivity contribution in [1.82, 2.24) is 24.0 Å². The lowest BCUT2D eigenvalue weighted by molar-refractivity contribution is 0.0676. The second-order valence-electron chi connectivity index (χ2n) is 6.64. The topological polar surface area (TPSA) is 69.1 Å². The van der Waals surface area contributed by atoms with E-state index in [0.717, 1.165) is 44.1 Å². The molecule has 1 aliphatic rings. The summed E-state index contributed by atoms with van der Waals surface area (Å²) in [7, 11) is 0. The van der Waals surface area contributed by atoms with Crippen molar-refractivity contribution < 1.29 is 9.21 Å². The number of carbonyl (C=O) groups excluding carboxylic acids is 1. The number of aryl methyl sites for hydroxylation is 1. The van der Waals surface area contributed by atoms with Gasteiger partial charge in [-0.25, -0.2) is 9.97 Å². The Morgan fingerprint density at radius 2 is 2.08 bits per heavy atom. The first-order chi connectivity index (χ1) is 12.7. The van der Waals surface area contributed by atoms with Gasteiger partial charge in [0.1, 0.15) is 11.6 Å². The molecule has 1 amide bonds. The molecule has 0 atom stereocenters. The molecule has 3 aromatic rings. The highest BCUT2D eigenvalue weighted by Crippen LogP contribution is 2.28. The molecule has 1 saturated heterocycles. The number of furan rings is 1. The van der Waals surface area contributed by atoms with E-state index in [1.165, 1.54) is 0 Å². The molecular formula is C19H23N5O2. The van der Waals surface area contributed by atoms with Crippen LogP contribution in [-0.2, 0) is 13.1 Å². The molecule has 7 heteroatoms. The Bertz CT molecular complexity index is 856. The van der Waals surface area contributed by atoms with E-state index in [0.29, 0.717) is 18.2 Å². The molecule has 0 spiro atoms. The fourth-order valence-electron chi connectivity index (χ4n) is 3.58. The number of hydrogen-bond donors (Lipinski definition) is 0. The number of carbonyl (C=O) groups is 1. The minimum atomic E-state index is -0.0286. The maximum Gasteiger partial charge on any atom is 0.289 e. The van der Waals surface area contributed by atoms with E-state index in [9.17, 15) is 4.79 Å². The number of likely N-dealkylation sites (tertiary alicyclic amines) is 1. The molecule has 0 N–H and O–H groups in total. The number of imidazole rings is 2. The first-order valence-electron chi connectivity index (χ1n) is 9.09. The predicted molar refractivity (Wildman–Crippen MR) is 95.8 cm³/mol. The van der Waals surface area contributed by atoms with Crippen LogP contribution in [0.15, 0.2) is 47.7 Å². The first-order valence-corrected chi connectivity index (χ1v) is 9.09. The highest BCUT2D eigenvalue weighted by Gasteiger charge is 2.28. The number of hydrogen-bond acceptors (Lipinski definition) is 4. The standard InChI is InChI=1S/C19H23N5O2/c1-2-23-12-8-21-18(23)15-5-9-24(10-6-15)19(25)17-4-3-16(26-17)13-22-11-7-20-14-22/h3-4,7-8,11-12,14-15H,2,5-6,9-10,13H2,1H3. The maximum atomic E-state index is 12.7. The van der Waals surface area contributed by atoms with Gasteiger partial charge in [-0.2, -0.15) is 0 Å². The fraction of sp³-hybridized carbons (Fsp3) is 0.421. The average Bonchev–Trinajstić information content (AvgIpc) is 3.43. The molecule has 0 radical (unpaired) electrons. The summed E-state index contributed by atoms with van der Waals surface area (Å²) < 4.78 is 9.85. The Balaban J connectivity index is 1.37. The third-order valence-corrected chi connectivity index (χ3v) is 5.01. The van der Waals surface area contributed by atoms with Crippen LogP contribution in [0.3, 0.4) is 0 Å². The second-order valence-corrected chi connectivity index (χ2v) is 6.64. The third-order valence-electron chi connectivity index (χ3n) is 5.01. The van der Waals surface area contributed by atoms with Crippen LogP contribution in [0.2, 0.25) is 0 Å². The predicted octanol–water partition coefficient (Wildman–Crippen LogP) is 2.76. The molecule has 0 saturated carbocycles. The molecule has 26 heavy (non-hydrogen) atoms. The van der Waals surface area contributed by atoms with E-state index in [-0.39, 0.29) is 5.91 Å². The van der Waals surface area contributed by atoms with Gasteiger partial charge < -0.3 is 18.5 Å². The first kappa shape index (κ1) is 16.6. The fourth-order valence-corrected chi connectivity index (χ4v) is 3.58. The summed E-state index contributed by atoms with van der Waals surface area (Å²) in [5.41, 5.74) is 0. The Labute approximate surface area is 152 Å². The van der Waals surface area contributed by atoms with Crippen LogP contribution in [0.5, 0.6) is 0 Å². The molecule has 0 bridgehead atoms. The summed E-state index contributed by atoms with van der Waals surface area (Å²) in [5.74, 6) is 2.70. The van der Waals surface area contributed by atoms with E-state index in [2.05, 4.69) is 21.5 Å². The van der Waals surface area contributed by atoms with Crippen LogP contribution in [0.25, 0.3) is 0 Å². The Hall–Kier alpha value is -2.83. The zero-order valence-electron chi connectivity index (χ0n) is 14.9. The molecule has 4 rings (SSSR count). The minimum absolute atomic E-state index is 0.0286. The highest BCUT2D eigenvalue weighted by molar-refractivity contribution is 5.91. The summed E-state index contributed by atoms with van der Waals surface area (Å²) in [6.07, 6.45) is 11.1. The van der Waals surface area contributed by atoms with Gasteiger partial charge in [-0.05, 0) is 31.9 Å². The monoisotopic (exact) mass is 353 g/mol. The van der Waals surface area contributed by atoms with Gasteiger partial charge in [0.15, 0.2) is 5.76 Å². The number of nitrogens with zero attached hydrogens (tertiary/aromatic N) is 5. The molecule has 4 heterocycles. The van der Waals surface area contributed by atoms with Crippen molar-refractivity contribution in [2.45, 2.75) is 38.8 Å². The Morgan fingerprint density at radius 1 is 1.23 bits per heavy atom. The molecule has 0 aromatic carbocycles. The lowest BCUT2D eigenvalue weighted by Crippen LogP contribution is -2.38. The van der Waals surface area contributed by atoms with Crippen molar-refractivity contribution in [2.24, 2.45) is 0 Å². The summed E-state index contributed by atoms with van der Waals surface area (Å²) in [6.45, 7) is 5.10. The summed E-state index contributed by atoms with van der Waals surface area (Å²) in [4.78, 5) is 23.1. The van der Waals surface area contributed by atoms with Gasteiger partial charge in [0.05, 0.1) is 12.9 Å². The molecule has 7 nitrogen and oxygen atoms in total. The summed E-state index contributed by atoms with van der Waals surface area (Å²) in [5, 5.41) is 0. The molecule has 1 aliphatic heterocycles. The molecular weight excluding hydrogens is 330 g/mol. The van der Waals surface area contributed by atoms with E-state index >= 15 is 0 Å². The van der Waals surface area contributed by atoms with E-state index < -0.39 is 0 Å². The number of piperidine rings is 1. The Morgan fingerprint density at radius 3 is 2.81 bits per heavy atom. The van der Waals surface area contributed by atoms with Crippen molar-refractivity contribution in [3.8, 4) is 0 Å². The van der Waals surface area contributed by atoms with Crippen LogP contribution < -0.4 is 0 Å².